The van der Waals surface area contributed by atoms with Gasteiger partial charge in [0.1, 0.15) is 11.2 Å². The van der Waals surface area contributed by atoms with Crippen molar-refractivity contribution < 1.29 is 14.7 Å². The molecule has 2 saturated carbocycles. The van der Waals surface area contributed by atoms with Crippen LogP contribution in [0.25, 0.3) is 0 Å². The van der Waals surface area contributed by atoms with Gasteiger partial charge in [0.15, 0.2) is 0 Å². The number of anilines is 2. The first kappa shape index (κ1) is 16.8. The van der Waals surface area contributed by atoms with Gasteiger partial charge in [-0.05, 0) is 51.4 Å². The highest BCUT2D eigenvalue weighted by Gasteiger charge is 2.35. The number of aliphatic hydroxyl groups is 1. The summed E-state index contributed by atoms with van der Waals surface area (Å²) < 4.78 is 0. The number of hydrogen-bond donors (Lipinski definition) is 3. The third-order valence-electron chi connectivity index (χ3n) is 5.18. The minimum Gasteiger partial charge on any atom is -0.374 e. The van der Waals surface area contributed by atoms with Crippen molar-refractivity contribution in [3.05, 3.63) is 11.1 Å². The number of amides is 2. The molecule has 3 aliphatic rings. The lowest BCUT2D eigenvalue weighted by Gasteiger charge is -2.31. The maximum atomic E-state index is 12.8. The Morgan fingerprint density at radius 1 is 1.32 bits per heavy atom. The second kappa shape index (κ2) is 6.61. The summed E-state index contributed by atoms with van der Waals surface area (Å²) in [5.74, 6) is 0.618. The number of nitrogens with one attached hydrogen (secondary N) is 2. The molecule has 25 heavy (non-hydrogen) atoms. The fraction of sp³-hybridized carbons (Fsp3) is 0.667. The zero-order chi connectivity index (χ0) is 17.6. The molecule has 6 nitrogen and oxygen atoms in total. The van der Waals surface area contributed by atoms with Crippen LogP contribution in [0.5, 0.6) is 0 Å². The molecule has 0 spiro atoms. The number of carbonyl (C=O) groups excluding carboxylic acids is 2. The number of fused-ring (bicyclic) bond motifs is 1. The largest absolute Gasteiger partial charge is 0.374 e. The summed E-state index contributed by atoms with van der Waals surface area (Å²) in [4.78, 5) is 27.0. The first-order valence-corrected chi connectivity index (χ1v) is 10.1. The first-order chi connectivity index (χ1) is 12.0. The molecule has 7 heteroatoms. The quantitative estimate of drug-likeness (QED) is 0.724. The monoisotopic (exact) mass is 363 g/mol. The summed E-state index contributed by atoms with van der Waals surface area (Å²) in [6.07, 6.45) is 5.33. The summed E-state index contributed by atoms with van der Waals surface area (Å²) in [6, 6.07) is 0. The zero-order valence-electron chi connectivity index (χ0n) is 14.5. The number of thiophene rings is 1. The van der Waals surface area contributed by atoms with Crippen LogP contribution in [0, 0.1) is 11.8 Å². The van der Waals surface area contributed by atoms with E-state index in [1.165, 1.54) is 24.2 Å². The van der Waals surface area contributed by atoms with E-state index < -0.39 is 6.23 Å². The summed E-state index contributed by atoms with van der Waals surface area (Å²) in [7, 11) is 0. The van der Waals surface area contributed by atoms with Crippen LogP contribution in [-0.4, -0.2) is 36.2 Å². The Kier molecular flexibility index (Phi) is 4.45. The fourth-order valence-corrected chi connectivity index (χ4v) is 4.69. The minimum absolute atomic E-state index is 0.0124. The lowest BCUT2D eigenvalue weighted by molar-refractivity contribution is -0.117. The average Bonchev–Trinajstić information content (AvgIpc) is 3.48. The topological polar surface area (TPSA) is 81.7 Å². The van der Waals surface area contributed by atoms with E-state index in [1.807, 2.05) is 4.90 Å². The Hall–Kier alpha value is -1.60. The maximum absolute atomic E-state index is 12.8. The molecule has 1 aliphatic heterocycles. The number of carbonyl (C=O) groups is 2. The van der Waals surface area contributed by atoms with Crippen LogP contribution < -0.4 is 15.5 Å². The van der Waals surface area contributed by atoms with E-state index in [4.69, 9.17) is 0 Å². The Balaban J connectivity index is 1.64. The standard InChI is InChI=1S/C18H25N3O3S/c1-10(22)21-8-2-3-13-14(16(24)19-9-11-4-5-11)17(25-18(13)21)20-15(23)12-6-7-12/h10-12,22H,2-9H2,1H3,(H,19,24)(H,20,23). The van der Waals surface area contributed by atoms with Crippen molar-refractivity contribution in [1.82, 2.24) is 5.32 Å². The highest BCUT2D eigenvalue weighted by molar-refractivity contribution is 7.20. The van der Waals surface area contributed by atoms with E-state index in [9.17, 15) is 14.7 Å². The summed E-state index contributed by atoms with van der Waals surface area (Å²) in [5, 5.41) is 17.7. The van der Waals surface area contributed by atoms with Gasteiger partial charge in [-0.3, -0.25) is 9.59 Å². The Morgan fingerprint density at radius 2 is 2.08 bits per heavy atom. The molecule has 2 aliphatic carbocycles. The van der Waals surface area contributed by atoms with Gasteiger partial charge in [-0.15, -0.1) is 0 Å². The molecule has 4 rings (SSSR count). The van der Waals surface area contributed by atoms with Gasteiger partial charge in [0.05, 0.1) is 10.6 Å². The van der Waals surface area contributed by atoms with Crippen LogP contribution in [0.3, 0.4) is 0 Å². The molecular weight excluding hydrogens is 338 g/mol. The molecule has 2 heterocycles. The van der Waals surface area contributed by atoms with Gasteiger partial charge >= 0.3 is 0 Å². The molecule has 0 aromatic carbocycles. The van der Waals surface area contributed by atoms with Crippen LogP contribution in [0.4, 0.5) is 10.0 Å². The van der Waals surface area contributed by atoms with Crippen molar-refractivity contribution in [2.75, 3.05) is 23.3 Å². The lowest BCUT2D eigenvalue weighted by atomic mass is 10.0. The van der Waals surface area contributed by atoms with E-state index in [-0.39, 0.29) is 17.7 Å². The molecule has 136 valence electrons. The number of aliphatic hydroxyl groups excluding tert-OH is 1. The summed E-state index contributed by atoms with van der Waals surface area (Å²) in [5.41, 5.74) is 1.58. The summed E-state index contributed by atoms with van der Waals surface area (Å²) in [6.45, 7) is 3.22. The second-order valence-corrected chi connectivity index (χ2v) is 8.43. The Bertz CT molecular complexity index is 692. The van der Waals surface area contributed by atoms with Crippen molar-refractivity contribution in [1.29, 1.82) is 0 Å². The predicted octanol–water partition coefficient (Wildman–Crippen LogP) is 2.33. The first-order valence-electron chi connectivity index (χ1n) is 9.24. The van der Waals surface area contributed by atoms with Crippen molar-refractivity contribution >= 4 is 33.2 Å². The van der Waals surface area contributed by atoms with Gasteiger partial charge in [-0.2, -0.15) is 0 Å². The molecule has 1 unspecified atom stereocenters. The van der Waals surface area contributed by atoms with Crippen molar-refractivity contribution in [2.45, 2.75) is 51.7 Å². The number of rotatable bonds is 6. The van der Waals surface area contributed by atoms with Crippen molar-refractivity contribution in [3.63, 3.8) is 0 Å². The van der Waals surface area contributed by atoms with Gasteiger partial charge in [-0.25, -0.2) is 0 Å². The second-order valence-electron chi connectivity index (χ2n) is 7.44. The van der Waals surface area contributed by atoms with E-state index in [0.29, 0.717) is 23.0 Å². The number of hydrogen-bond acceptors (Lipinski definition) is 5. The molecule has 0 bridgehead atoms. The summed E-state index contributed by atoms with van der Waals surface area (Å²) >= 11 is 1.42. The van der Waals surface area contributed by atoms with Crippen molar-refractivity contribution in [3.8, 4) is 0 Å². The van der Waals surface area contributed by atoms with Crippen LogP contribution in [0.2, 0.25) is 0 Å². The maximum Gasteiger partial charge on any atom is 0.254 e. The Morgan fingerprint density at radius 3 is 2.72 bits per heavy atom. The van der Waals surface area contributed by atoms with Crippen LogP contribution >= 0.6 is 11.3 Å². The van der Waals surface area contributed by atoms with E-state index >= 15 is 0 Å². The lowest BCUT2D eigenvalue weighted by Crippen LogP contribution is -2.36. The van der Waals surface area contributed by atoms with Crippen LogP contribution in [0.1, 0.15) is 54.9 Å². The van der Waals surface area contributed by atoms with Gasteiger partial charge in [-0.1, -0.05) is 11.3 Å². The molecule has 1 atom stereocenters. The van der Waals surface area contributed by atoms with Crippen LogP contribution in [0.15, 0.2) is 0 Å². The zero-order valence-corrected chi connectivity index (χ0v) is 15.3. The normalized spacial score (nSPS) is 20.8. The van der Waals surface area contributed by atoms with Gasteiger partial charge in [0, 0.05) is 24.6 Å². The fourth-order valence-electron chi connectivity index (χ4n) is 3.34. The van der Waals surface area contributed by atoms with Gasteiger partial charge in [0.25, 0.3) is 5.91 Å². The van der Waals surface area contributed by atoms with E-state index in [1.54, 1.807) is 6.92 Å². The predicted molar refractivity (Wildman–Crippen MR) is 98.1 cm³/mol. The number of nitrogens with zero attached hydrogens (tertiary/aromatic N) is 1. The van der Waals surface area contributed by atoms with E-state index in [0.717, 1.165) is 42.8 Å². The third kappa shape index (κ3) is 3.53. The SMILES string of the molecule is CC(O)N1CCCc2c1sc(NC(=O)C1CC1)c2C(=O)NCC1CC1. The molecule has 3 N–H and O–H groups in total. The smallest absolute Gasteiger partial charge is 0.254 e. The molecule has 1 aromatic rings. The third-order valence-corrected chi connectivity index (χ3v) is 6.37. The van der Waals surface area contributed by atoms with E-state index in [2.05, 4.69) is 10.6 Å². The van der Waals surface area contributed by atoms with Crippen molar-refractivity contribution in [2.24, 2.45) is 11.8 Å². The van der Waals surface area contributed by atoms with Gasteiger partial charge < -0.3 is 20.6 Å². The molecule has 2 amide bonds. The van der Waals surface area contributed by atoms with Crippen LogP contribution in [-0.2, 0) is 11.2 Å². The highest BCUT2D eigenvalue weighted by atomic mass is 32.1. The molecule has 2 fully saturated rings. The average molecular weight is 363 g/mol. The van der Waals surface area contributed by atoms with Gasteiger partial charge in [0.2, 0.25) is 5.91 Å². The Labute approximate surface area is 151 Å². The minimum atomic E-state index is -0.605. The molecule has 0 saturated heterocycles. The molecular formula is C18H25N3O3S. The highest BCUT2D eigenvalue weighted by Crippen LogP contribution is 2.44. The molecule has 0 radical (unpaired) electrons. The molecule has 1 aromatic heterocycles.